The molecule has 2 nitrogen and oxygen atoms in total. The van der Waals surface area contributed by atoms with Gasteiger partial charge < -0.3 is 0 Å². The summed E-state index contributed by atoms with van der Waals surface area (Å²) in [6, 6.07) is 0. The minimum Gasteiger partial charge on any atom is -0.252 e. The smallest absolute Gasteiger partial charge is 0.0494 e. The number of nitrogens with one attached hydrogen (secondary N) is 1. The van der Waals surface area contributed by atoms with E-state index in [1.807, 2.05) is 34.6 Å². The Morgan fingerprint density at radius 3 is 1.55 bits per heavy atom. The van der Waals surface area contributed by atoms with Crippen molar-refractivity contribution in [2.45, 2.75) is 45.1 Å². The van der Waals surface area contributed by atoms with Crippen LogP contribution in [0.4, 0.5) is 0 Å². The van der Waals surface area contributed by atoms with Crippen LogP contribution in [0.15, 0.2) is 0 Å². The van der Waals surface area contributed by atoms with E-state index in [1.165, 1.54) is 0 Å². The lowest BCUT2D eigenvalue weighted by Crippen LogP contribution is -2.28. The predicted octanol–water partition coefficient (Wildman–Crippen LogP) is 2.49. The molecule has 0 spiro atoms. The van der Waals surface area contributed by atoms with E-state index in [-0.39, 0.29) is 10.5 Å². The Morgan fingerprint density at radius 2 is 1.45 bits per heavy atom. The van der Waals surface area contributed by atoms with E-state index in [2.05, 4.69) is 0 Å². The molecule has 0 heterocycles. The molecule has 2 atom stereocenters. The first kappa shape index (κ1) is 11.0. The van der Waals surface area contributed by atoms with Crippen LogP contribution in [0.5, 0.6) is 0 Å². The zero-order chi connectivity index (χ0) is 9.23. The molecular formula is C8H19NOS. The molecule has 0 fully saturated rings. The highest BCUT2D eigenvalue weighted by atomic mass is 32.2. The van der Waals surface area contributed by atoms with Gasteiger partial charge in [-0.15, -0.1) is 0 Å². The van der Waals surface area contributed by atoms with Gasteiger partial charge in [0.2, 0.25) is 0 Å². The lowest BCUT2D eigenvalue weighted by molar-refractivity contribution is 0.592. The van der Waals surface area contributed by atoms with Gasteiger partial charge in [0.15, 0.2) is 0 Å². The van der Waals surface area contributed by atoms with Gasteiger partial charge >= 0.3 is 0 Å². The second-order valence-electron chi connectivity index (χ2n) is 3.65. The summed E-state index contributed by atoms with van der Waals surface area (Å²) in [5, 5.41) is -0.0256. The van der Waals surface area contributed by atoms with Gasteiger partial charge in [-0.2, -0.15) is 0 Å². The summed E-state index contributed by atoms with van der Waals surface area (Å²) in [5.41, 5.74) is 0. The highest BCUT2D eigenvalue weighted by Crippen LogP contribution is 2.16. The van der Waals surface area contributed by atoms with Crippen LogP contribution in [0.3, 0.4) is 0 Å². The molecule has 0 radical (unpaired) electrons. The molecule has 11 heavy (non-hydrogen) atoms. The van der Waals surface area contributed by atoms with Crippen LogP contribution in [-0.2, 0) is 9.73 Å². The minimum atomic E-state index is -2.38. The van der Waals surface area contributed by atoms with Crippen LogP contribution >= 0.6 is 0 Å². The second-order valence-corrected chi connectivity index (χ2v) is 6.63. The van der Waals surface area contributed by atoms with Crippen LogP contribution in [0.1, 0.15) is 34.6 Å². The highest BCUT2D eigenvalue weighted by molar-refractivity contribution is 7.93. The van der Waals surface area contributed by atoms with Gasteiger partial charge in [0, 0.05) is 20.2 Å². The molecule has 0 aliphatic rings. The zero-order valence-corrected chi connectivity index (χ0v) is 8.87. The summed E-state index contributed by atoms with van der Waals surface area (Å²) in [6.07, 6.45) is 0. The van der Waals surface area contributed by atoms with Gasteiger partial charge in [0.05, 0.1) is 0 Å². The molecule has 0 aromatic rings. The van der Waals surface area contributed by atoms with Crippen molar-refractivity contribution in [2.24, 2.45) is 5.92 Å². The van der Waals surface area contributed by atoms with E-state index in [9.17, 15) is 4.21 Å². The van der Waals surface area contributed by atoms with Crippen molar-refractivity contribution in [1.82, 2.24) is 0 Å². The molecular weight excluding hydrogens is 158 g/mol. The maximum Gasteiger partial charge on any atom is 0.0494 e. The average Bonchev–Trinajstić information content (AvgIpc) is 1.85. The highest BCUT2D eigenvalue weighted by Gasteiger charge is 2.22. The molecule has 0 saturated heterocycles. The lowest BCUT2D eigenvalue weighted by Gasteiger charge is -2.21. The van der Waals surface area contributed by atoms with Crippen molar-refractivity contribution in [1.29, 1.82) is 4.78 Å². The van der Waals surface area contributed by atoms with Gasteiger partial charge in [-0.1, -0.05) is 27.7 Å². The fourth-order valence-corrected chi connectivity index (χ4v) is 2.50. The Balaban J connectivity index is 4.58. The van der Waals surface area contributed by atoms with Gasteiger partial charge in [-0.25, -0.2) is 4.21 Å². The number of rotatable bonds is 3. The molecule has 0 unspecified atom stereocenters. The Bertz CT molecular complexity index is 204. The average molecular weight is 177 g/mol. The largest absolute Gasteiger partial charge is 0.252 e. The first-order valence-electron chi connectivity index (χ1n) is 4.06. The summed E-state index contributed by atoms with van der Waals surface area (Å²) in [4.78, 5) is 0. The molecule has 0 saturated carbocycles. The minimum absolute atomic E-state index is 0.00231. The summed E-state index contributed by atoms with van der Waals surface area (Å²) in [6.45, 7) is 9.64. The monoisotopic (exact) mass is 177 g/mol. The number of hydrogen-bond donors (Lipinski definition) is 1. The summed E-state index contributed by atoms with van der Waals surface area (Å²) >= 11 is 0. The van der Waals surface area contributed by atoms with Crippen LogP contribution in [0.2, 0.25) is 0 Å². The lowest BCUT2D eigenvalue weighted by atomic mass is 10.2. The normalized spacial score (nSPS) is 20.3. The molecule has 0 aliphatic carbocycles. The third-order valence-electron chi connectivity index (χ3n) is 2.19. The van der Waals surface area contributed by atoms with Gasteiger partial charge in [-0.05, 0) is 12.8 Å². The summed E-state index contributed by atoms with van der Waals surface area (Å²) in [5.74, 6) is 0.336. The summed E-state index contributed by atoms with van der Waals surface area (Å²) < 4.78 is 19.3. The maximum atomic E-state index is 11.7. The standard InChI is InChI=1S/C8H19NOS/c1-6(2)8(5)11(9,10)7(3)4/h6-9H,1-5H3/t8-,11-/m0/s1. The Morgan fingerprint density at radius 1 is 1.09 bits per heavy atom. The van der Waals surface area contributed by atoms with Crippen molar-refractivity contribution >= 4 is 9.73 Å². The van der Waals surface area contributed by atoms with Crippen molar-refractivity contribution < 1.29 is 4.21 Å². The molecule has 0 aliphatic heterocycles. The van der Waals surface area contributed by atoms with Gasteiger partial charge in [-0.3, -0.25) is 4.78 Å². The third kappa shape index (κ3) is 2.47. The third-order valence-corrected chi connectivity index (χ3v) is 5.24. The quantitative estimate of drug-likeness (QED) is 0.707. The molecule has 0 bridgehead atoms. The van der Waals surface area contributed by atoms with E-state index in [0.717, 1.165) is 0 Å². The number of hydrogen-bond acceptors (Lipinski definition) is 2. The van der Waals surface area contributed by atoms with Crippen LogP contribution in [-0.4, -0.2) is 14.7 Å². The van der Waals surface area contributed by atoms with Crippen molar-refractivity contribution in [3.8, 4) is 0 Å². The Labute approximate surface area is 70.4 Å². The molecule has 0 rings (SSSR count). The van der Waals surface area contributed by atoms with Crippen molar-refractivity contribution in [3.63, 3.8) is 0 Å². The van der Waals surface area contributed by atoms with Crippen LogP contribution in [0, 0.1) is 10.7 Å². The van der Waals surface area contributed by atoms with E-state index >= 15 is 0 Å². The molecule has 0 aromatic heterocycles. The zero-order valence-electron chi connectivity index (χ0n) is 8.05. The molecule has 68 valence electrons. The van der Waals surface area contributed by atoms with Crippen molar-refractivity contribution in [3.05, 3.63) is 0 Å². The maximum absolute atomic E-state index is 11.7. The van der Waals surface area contributed by atoms with E-state index in [4.69, 9.17) is 4.78 Å². The van der Waals surface area contributed by atoms with Gasteiger partial charge in [0.1, 0.15) is 0 Å². The Hall–Kier alpha value is -0.0500. The van der Waals surface area contributed by atoms with E-state index in [0.29, 0.717) is 5.92 Å². The fraction of sp³-hybridized carbons (Fsp3) is 1.00. The first-order valence-corrected chi connectivity index (χ1v) is 5.75. The predicted molar refractivity (Wildman–Crippen MR) is 50.3 cm³/mol. The molecule has 3 heteroatoms. The first-order chi connectivity index (χ1) is 4.80. The van der Waals surface area contributed by atoms with Crippen LogP contribution < -0.4 is 0 Å². The topological polar surface area (TPSA) is 40.9 Å². The molecule has 0 amide bonds. The summed E-state index contributed by atoms with van der Waals surface area (Å²) in [7, 11) is -2.38. The second kappa shape index (κ2) is 3.57. The van der Waals surface area contributed by atoms with E-state index in [1.54, 1.807) is 0 Å². The SMILES string of the molecule is CC(C)[C@H](C)[S@@](=N)(=O)C(C)C. The van der Waals surface area contributed by atoms with Crippen molar-refractivity contribution in [2.75, 3.05) is 0 Å². The molecule has 0 aromatic carbocycles. The van der Waals surface area contributed by atoms with Crippen LogP contribution in [0.25, 0.3) is 0 Å². The molecule has 1 N–H and O–H groups in total. The fourth-order valence-electron chi connectivity index (χ4n) is 0.834. The van der Waals surface area contributed by atoms with Gasteiger partial charge in [0.25, 0.3) is 0 Å². The van der Waals surface area contributed by atoms with E-state index < -0.39 is 9.73 Å². The Kier molecular flexibility index (Phi) is 3.55.